The predicted molar refractivity (Wildman–Crippen MR) is 124 cm³/mol. The number of aromatic nitrogens is 4. The van der Waals surface area contributed by atoms with Crippen LogP contribution in [0.15, 0.2) is 53.8 Å². The van der Waals surface area contributed by atoms with Crippen LogP contribution in [0.1, 0.15) is 10.4 Å². The number of nitrogens with zero attached hydrogens (tertiary/aromatic N) is 3. The SMILES string of the molecule is Fc1cc2ncnc(Cl)c2cc1F.Nc1cc(F)c(F)cc1C(=O)O.O=c1[nH]cnc2cc(F)c(F)cc12. The highest BCUT2D eigenvalue weighted by atomic mass is 35.5. The van der Waals surface area contributed by atoms with E-state index in [1.807, 2.05) is 0 Å². The van der Waals surface area contributed by atoms with Crippen molar-refractivity contribution in [2.45, 2.75) is 0 Å². The molecule has 0 spiro atoms. The molecule has 2 aromatic heterocycles. The summed E-state index contributed by atoms with van der Waals surface area (Å²) in [6.07, 6.45) is 2.34. The van der Waals surface area contributed by atoms with Gasteiger partial charge in [0.05, 0.1) is 28.3 Å². The van der Waals surface area contributed by atoms with Gasteiger partial charge in [0.25, 0.3) is 5.56 Å². The summed E-state index contributed by atoms with van der Waals surface area (Å²) in [5, 5.41) is 8.88. The van der Waals surface area contributed by atoms with E-state index in [2.05, 4.69) is 19.9 Å². The van der Waals surface area contributed by atoms with E-state index in [1.54, 1.807) is 0 Å². The largest absolute Gasteiger partial charge is 0.478 e. The zero-order valence-electron chi connectivity index (χ0n) is 18.4. The van der Waals surface area contributed by atoms with Gasteiger partial charge in [0.15, 0.2) is 34.9 Å². The van der Waals surface area contributed by atoms with Crippen LogP contribution in [0, 0.1) is 34.9 Å². The van der Waals surface area contributed by atoms with Crippen molar-refractivity contribution in [3.05, 3.63) is 105 Å². The number of nitrogens with one attached hydrogen (secondary N) is 1. The Kier molecular flexibility index (Phi) is 8.47. The Hall–Kier alpha value is -4.72. The Morgan fingerprint density at radius 3 is 1.87 bits per heavy atom. The minimum atomic E-state index is -1.38. The van der Waals surface area contributed by atoms with Gasteiger partial charge in [-0.15, -0.1) is 0 Å². The Bertz CT molecular complexity index is 1730. The van der Waals surface area contributed by atoms with Crippen LogP contribution in [0.5, 0.6) is 0 Å². The fraction of sp³-hybridized carbons (Fsp3) is 0. The molecule has 0 saturated heterocycles. The van der Waals surface area contributed by atoms with Crippen molar-refractivity contribution >= 4 is 45.1 Å². The number of carbonyl (C=O) groups is 1. The van der Waals surface area contributed by atoms with Crippen LogP contribution < -0.4 is 11.3 Å². The molecule has 5 aromatic rings. The van der Waals surface area contributed by atoms with Crippen molar-refractivity contribution < 1.29 is 36.2 Å². The molecule has 8 nitrogen and oxygen atoms in total. The van der Waals surface area contributed by atoms with Gasteiger partial charge in [-0.3, -0.25) is 4.79 Å². The van der Waals surface area contributed by atoms with Crippen LogP contribution in [0.4, 0.5) is 32.0 Å². The molecule has 0 aliphatic carbocycles. The van der Waals surface area contributed by atoms with Gasteiger partial charge in [0, 0.05) is 29.3 Å². The van der Waals surface area contributed by atoms with Crippen molar-refractivity contribution in [1.29, 1.82) is 0 Å². The summed E-state index contributed by atoms with van der Waals surface area (Å²) in [5.41, 5.74) is 4.33. The number of carboxylic acids is 1. The summed E-state index contributed by atoms with van der Waals surface area (Å²) in [4.78, 5) is 34.7. The van der Waals surface area contributed by atoms with E-state index in [9.17, 15) is 35.9 Å². The molecule has 5 rings (SSSR count). The third kappa shape index (κ3) is 6.34. The molecular formula is C23H12ClF6N5O3. The van der Waals surface area contributed by atoms with E-state index in [0.29, 0.717) is 23.0 Å². The number of hydrogen-bond acceptors (Lipinski definition) is 6. The van der Waals surface area contributed by atoms with Gasteiger partial charge in [-0.25, -0.2) is 46.1 Å². The molecule has 38 heavy (non-hydrogen) atoms. The monoisotopic (exact) mass is 555 g/mol. The molecule has 15 heteroatoms. The highest BCUT2D eigenvalue weighted by Crippen LogP contribution is 2.21. The van der Waals surface area contributed by atoms with Gasteiger partial charge in [-0.2, -0.15) is 0 Å². The number of benzene rings is 3. The number of nitrogen functional groups attached to an aromatic ring is 1. The fourth-order valence-electron chi connectivity index (χ4n) is 2.83. The molecular weight excluding hydrogens is 544 g/mol. The lowest BCUT2D eigenvalue weighted by Crippen LogP contribution is -2.06. The van der Waals surface area contributed by atoms with Crippen molar-refractivity contribution in [2.75, 3.05) is 5.73 Å². The first-order valence-electron chi connectivity index (χ1n) is 9.94. The van der Waals surface area contributed by atoms with Gasteiger partial charge in [0.1, 0.15) is 11.5 Å². The first-order chi connectivity index (χ1) is 17.9. The summed E-state index contributed by atoms with van der Waals surface area (Å²) in [6, 6.07) is 4.87. The molecule has 0 amide bonds. The number of anilines is 1. The maximum Gasteiger partial charge on any atom is 0.337 e. The van der Waals surface area contributed by atoms with Crippen molar-refractivity contribution in [3.8, 4) is 0 Å². The van der Waals surface area contributed by atoms with E-state index in [1.165, 1.54) is 6.33 Å². The smallest absolute Gasteiger partial charge is 0.337 e. The van der Waals surface area contributed by atoms with Crippen LogP contribution in [0.3, 0.4) is 0 Å². The lowest BCUT2D eigenvalue weighted by Gasteiger charge is -2.00. The van der Waals surface area contributed by atoms with Gasteiger partial charge >= 0.3 is 5.97 Å². The number of carboxylic acid groups (broad SMARTS) is 1. The zero-order chi connectivity index (χ0) is 28.1. The lowest BCUT2D eigenvalue weighted by atomic mass is 10.2. The number of fused-ring (bicyclic) bond motifs is 2. The van der Waals surface area contributed by atoms with Crippen LogP contribution in [0.2, 0.25) is 5.15 Å². The minimum absolute atomic E-state index is 0.0430. The molecule has 0 bridgehead atoms. The lowest BCUT2D eigenvalue weighted by molar-refractivity contribution is 0.0697. The summed E-state index contributed by atoms with van der Waals surface area (Å²) >= 11 is 5.64. The maximum atomic E-state index is 12.7. The van der Waals surface area contributed by atoms with Gasteiger partial charge in [-0.1, -0.05) is 11.6 Å². The molecule has 0 aliphatic heterocycles. The average molecular weight is 556 g/mol. The third-order valence-corrected chi connectivity index (χ3v) is 4.94. The molecule has 0 radical (unpaired) electrons. The second-order valence-electron chi connectivity index (χ2n) is 7.12. The second-order valence-corrected chi connectivity index (χ2v) is 7.48. The van der Waals surface area contributed by atoms with E-state index in [4.69, 9.17) is 22.4 Å². The quantitative estimate of drug-likeness (QED) is 0.150. The van der Waals surface area contributed by atoms with Crippen molar-refractivity contribution in [1.82, 2.24) is 19.9 Å². The van der Waals surface area contributed by atoms with E-state index < -0.39 is 52.0 Å². The number of hydrogen-bond donors (Lipinski definition) is 3. The third-order valence-electron chi connectivity index (χ3n) is 4.63. The number of aromatic carboxylic acids is 1. The molecule has 0 fully saturated rings. The fourth-order valence-corrected chi connectivity index (χ4v) is 3.03. The van der Waals surface area contributed by atoms with E-state index in [0.717, 1.165) is 30.6 Å². The van der Waals surface area contributed by atoms with Crippen molar-refractivity contribution in [2.24, 2.45) is 0 Å². The number of nitrogens with two attached hydrogens (primary N) is 1. The maximum absolute atomic E-state index is 12.7. The standard InChI is InChI=1S/C8H3ClF2N2.C8H4F2N2O.C7H5F2NO2/c9-8-4-1-5(10)6(11)2-7(4)12-3-13-8;9-5-1-4-7(2-6(5)10)11-3-12-8(4)13;8-4-1-3(7(11)12)6(10)2-5(4)9/h1-3H;1-3H,(H,11,12,13);1-2H,10H2,(H,11,12). The molecule has 0 saturated carbocycles. The molecule has 196 valence electrons. The van der Waals surface area contributed by atoms with Crippen LogP contribution in [0.25, 0.3) is 21.8 Å². The Labute approximate surface area is 212 Å². The van der Waals surface area contributed by atoms with Gasteiger partial charge < -0.3 is 15.8 Å². The first-order valence-corrected chi connectivity index (χ1v) is 10.3. The normalized spacial score (nSPS) is 10.4. The van der Waals surface area contributed by atoms with Gasteiger partial charge in [-0.05, 0) is 18.2 Å². The Morgan fingerprint density at radius 2 is 1.26 bits per heavy atom. The predicted octanol–water partition coefficient (Wildman–Crippen LogP) is 5.01. The molecule has 0 unspecified atom stereocenters. The highest BCUT2D eigenvalue weighted by Gasteiger charge is 2.12. The first kappa shape index (κ1) is 27.9. The second kappa shape index (κ2) is 11.6. The molecule has 4 N–H and O–H groups in total. The van der Waals surface area contributed by atoms with E-state index >= 15 is 0 Å². The van der Waals surface area contributed by atoms with E-state index in [-0.39, 0.29) is 21.7 Å². The molecule has 0 aliphatic rings. The van der Waals surface area contributed by atoms with Crippen LogP contribution in [-0.2, 0) is 0 Å². The van der Waals surface area contributed by atoms with Gasteiger partial charge in [0.2, 0.25) is 0 Å². The number of H-pyrrole nitrogens is 1. The summed E-state index contributed by atoms with van der Waals surface area (Å²) < 4.78 is 75.6. The van der Waals surface area contributed by atoms with Crippen molar-refractivity contribution in [3.63, 3.8) is 0 Å². The summed E-state index contributed by atoms with van der Waals surface area (Å²) in [6.45, 7) is 0. The number of halogens is 7. The number of aromatic amines is 1. The summed E-state index contributed by atoms with van der Waals surface area (Å²) in [5.74, 6) is -7.71. The summed E-state index contributed by atoms with van der Waals surface area (Å²) in [7, 11) is 0. The number of rotatable bonds is 1. The Morgan fingerprint density at radius 1 is 0.763 bits per heavy atom. The molecule has 2 heterocycles. The highest BCUT2D eigenvalue weighted by molar-refractivity contribution is 6.34. The molecule has 3 aromatic carbocycles. The van der Waals surface area contributed by atoms with Crippen LogP contribution >= 0.6 is 11.6 Å². The Balaban J connectivity index is 0.000000158. The minimum Gasteiger partial charge on any atom is -0.478 e. The topological polar surface area (TPSA) is 135 Å². The van der Waals surface area contributed by atoms with Crippen LogP contribution in [-0.4, -0.2) is 31.0 Å². The molecule has 0 atom stereocenters. The average Bonchev–Trinajstić information content (AvgIpc) is 2.85. The zero-order valence-corrected chi connectivity index (χ0v) is 19.2.